The number of aromatic nitrogens is 3. The van der Waals surface area contributed by atoms with Crippen molar-refractivity contribution < 1.29 is 14.6 Å². The molecule has 0 aliphatic carbocycles. The van der Waals surface area contributed by atoms with E-state index in [0.717, 1.165) is 12.1 Å². The van der Waals surface area contributed by atoms with Crippen LogP contribution in [-0.4, -0.2) is 51.7 Å². The van der Waals surface area contributed by atoms with Gasteiger partial charge in [-0.2, -0.15) is 15.4 Å². The number of hydrogen-bond acceptors (Lipinski definition) is 6. The van der Waals surface area contributed by atoms with Gasteiger partial charge in [0.05, 0.1) is 11.2 Å². The molecule has 4 rings (SSSR count). The van der Waals surface area contributed by atoms with E-state index in [1.165, 1.54) is 0 Å². The Morgan fingerprint density at radius 2 is 2.17 bits per heavy atom. The Hall–Kier alpha value is -1.10. The number of nitrogens with one attached hydrogen (secondary N) is 1. The molecular weight excluding hydrogens is 447 g/mol. The van der Waals surface area contributed by atoms with Gasteiger partial charge in [-0.25, -0.2) is 0 Å². The number of halogens is 2. The minimum atomic E-state index is -0.954. The van der Waals surface area contributed by atoms with Gasteiger partial charge in [-0.3, -0.25) is 4.90 Å². The molecule has 2 aliphatic rings. The summed E-state index contributed by atoms with van der Waals surface area (Å²) in [7, 11) is 0. The highest BCUT2D eigenvalue weighted by Crippen LogP contribution is 2.39. The molecule has 0 spiro atoms. The number of nitrogens with zero attached hydrogens (tertiary/aromatic N) is 3. The zero-order valence-corrected chi connectivity index (χ0v) is 16.0. The van der Waals surface area contributed by atoms with Gasteiger partial charge in [-0.05, 0) is 24.1 Å². The molecule has 1 aromatic heterocycles. The van der Waals surface area contributed by atoms with Gasteiger partial charge in [0, 0.05) is 19.6 Å². The minimum Gasteiger partial charge on any atom is -0.486 e. The maximum Gasteiger partial charge on any atom is 0.179 e. The molecule has 2 aromatic rings. The van der Waals surface area contributed by atoms with Crippen molar-refractivity contribution in [3.05, 3.63) is 34.6 Å². The number of hydrogen-bond donors (Lipinski definition) is 2. The molecular formula is C15H18ClIN4O3. The first kappa shape index (κ1) is 17.7. The Kier molecular flexibility index (Phi) is 5.19. The zero-order chi connectivity index (χ0) is 15.9. The van der Waals surface area contributed by atoms with Crippen LogP contribution in [0.15, 0.2) is 18.3 Å². The Morgan fingerprint density at radius 1 is 1.33 bits per heavy atom. The summed E-state index contributed by atoms with van der Waals surface area (Å²) in [5, 5.41) is 21.6. The van der Waals surface area contributed by atoms with Crippen LogP contribution < -0.4 is 9.47 Å². The van der Waals surface area contributed by atoms with Gasteiger partial charge in [0.1, 0.15) is 24.5 Å². The third-order valence-electron chi connectivity index (χ3n) is 4.28. The van der Waals surface area contributed by atoms with Crippen LogP contribution in [0.2, 0.25) is 5.02 Å². The fourth-order valence-electron chi connectivity index (χ4n) is 3.15. The molecule has 9 heteroatoms. The van der Waals surface area contributed by atoms with Gasteiger partial charge in [0.2, 0.25) is 0 Å². The van der Waals surface area contributed by atoms with Crippen molar-refractivity contribution in [3.63, 3.8) is 0 Å². The Bertz CT molecular complexity index is 715. The third kappa shape index (κ3) is 3.32. The van der Waals surface area contributed by atoms with Gasteiger partial charge >= 0.3 is 0 Å². The van der Waals surface area contributed by atoms with Crippen LogP contribution in [0.1, 0.15) is 17.7 Å². The largest absolute Gasteiger partial charge is 0.486 e. The Balaban J connectivity index is 0.00000169. The predicted molar refractivity (Wildman–Crippen MR) is 98.0 cm³/mol. The highest BCUT2D eigenvalue weighted by atomic mass is 127. The number of fused-ring (bicyclic) bond motifs is 1. The van der Waals surface area contributed by atoms with Crippen LogP contribution in [0.5, 0.6) is 11.5 Å². The van der Waals surface area contributed by atoms with Crippen LogP contribution in [0.3, 0.4) is 0 Å². The molecule has 0 saturated carbocycles. The third-order valence-corrected chi connectivity index (χ3v) is 4.56. The lowest BCUT2D eigenvalue weighted by molar-refractivity contribution is 0.0408. The van der Waals surface area contributed by atoms with E-state index < -0.39 is 5.60 Å². The molecule has 0 amide bonds. The molecule has 1 atom stereocenters. The molecule has 1 saturated heterocycles. The first-order chi connectivity index (χ1) is 11.1. The number of aliphatic hydroxyl groups is 1. The number of aromatic amines is 1. The van der Waals surface area contributed by atoms with Gasteiger partial charge in [-0.1, -0.05) is 11.6 Å². The lowest BCUT2D eigenvalue weighted by Crippen LogP contribution is -2.31. The van der Waals surface area contributed by atoms with Crippen LogP contribution in [-0.2, 0) is 12.1 Å². The van der Waals surface area contributed by atoms with Crippen LogP contribution >= 0.6 is 35.6 Å². The first-order valence-corrected chi connectivity index (χ1v) is 7.91. The summed E-state index contributed by atoms with van der Waals surface area (Å²) in [6.45, 7) is 3.00. The molecule has 24 heavy (non-hydrogen) atoms. The number of ether oxygens (including phenoxy) is 2. The second kappa shape index (κ2) is 7.03. The van der Waals surface area contributed by atoms with E-state index in [1.807, 2.05) is 12.1 Å². The number of likely N-dealkylation sites (tertiary alicyclic amines) is 1. The molecule has 2 N–H and O–H groups in total. The van der Waals surface area contributed by atoms with E-state index in [9.17, 15) is 5.11 Å². The van der Waals surface area contributed by atoms with Gasteiger partial charge < -0.3 is 14.6 Å². The predicted octanol–water partition coefficient (Wildman–Crippen LogP) is 1.94. The fourth-order valence-corrected chi connectivity index (χ4v) is 3.44. The van der Waals surface area contributed by atoms with Crippen LogP contribution in [0.25, 0.3) is 0 Å². The summed E-state index contributed by atoms with van der Waals surface area (Å²) in [6.07, 6.45) is 2.20. The summed E-state index contributed by atoms with van der Waals surface area (Å²) in [5.41, 5.74) is 0.661. The van der Waals surface area contributed by atoms with E-state index in [0.29, 0.717) is 54.9 Å². The van der Waals surface area contributed by atoms with Crippen LogP contribution in [0.4, 0.5) is 0 Å². The number of rotatable bonds is 3. The van der Waals surface area contributed by atoms with E-state index in [1.54, 1.807) is 6.20 Å². The van der Waals surface area contributed by atoms with E-state index >= 15 is 0 Å². The van der Waals surface area contributed by atoms with Crippen molar-refractivity contribution in [3.8, 4) is 11.5 Å². The van der Waals surface area contributed by atoms with Crippen molar-refractivity contribution >= 4 is 35.6 Å². The lowest BCUT2D eigenvalue weighted by Gasteiger charge is -2.23. The van der Waals surface area contributed by atoms with Gasteiger partial charge in [-0.15, -0.1) is 24.0 Å². The molecule has 1 fully saturated rings. The van der Waals surface area contributed by atoms with Gasteiger partial charge in [0.15, 0.2) is 11.5 Å². The molecule has 3 heterocycles. The smallest absolute Gasteiger partial charge is 0.179 e. The monoisotopic (exact) mass is 464 g/mol. The van der Waals surface area contributed by atoms with Crippen molar-refractivity contribution in [2.45, 2.75) is 18.6 Å². The van der Waals surface area contributed by atoms with Crippen molar-refractivity contribution in [2.24, 2.45) is 0 Å². The topological polar surface area (TPSA) is 83.5 Å². The SMILES string of the molecule is I.OC1(c2cn[nH]n2)CCN(Cc2cc(Cl)c3c(c2)OCCO3)C1. The molecule has 130 valence electrons. The van der Waals surface area contributed by atoms with Crippen molar-refractivity contribution in [1.82, 2.24) is 20.3 Å². The number of β-amino-alcohol motifs (C(OH)–C–C–N with tert-alkyl or cyclic N) is 1. The summed E-state index contributed by atoms with van der Waals surface area (Å²) in [5.74, 6) is 1.30. The maximum absolute atomic E-state index is 10.7. The highest BCUT2D eigenvalue weighted by molar-refractivity contribution is 14.0. The standard InChI is InChI=1S/C15H17ClN4O3.HI/c16-11-5-10(6-12-14(11)23-4-3-22-12)8-20-2-1-15(21,9-20)13-7-17-19-18-13;/h5-7,21H,1-4,8-9H2,(H,17,18,19);1H. The molecule has 1 unspecified atom stereocenters. The second-order valence-corrected chi connectivity index (χ2v) is 6.36. The quantitative estimate of drug-likeness (QED) is 0.676. The average Bonchev–Trinajstić information content (AvgIpc) is 3.18. The summed E-state index contributed by atoms with van der Waals surface area (Å²) < 4.78 is 11.1. The van der Waals surface area contributed by atoms with Crippen molar-refractivity contribution in [2.75, 3.05) is 26.3 Å². The van der Waals surface area contributed by atoms with E-state index in [2.05, 4.69) is 20.3 Å². The maximum atomic E-state index is 10.7. The Labute approximate surface area is 161 Å². The summed E-state index contributed by atoms with van der Waals surface area (Å²) in [4.78, 5) is 2.16. The fraction of sp³-hybridized carbons (Fsp3) is 0.467. The lowest BCUT2D eigenvalue weighted by atomic mass is 10.00. The average molecular weight is 465 g/mol. The van der Waals surface area contributed by atoms with E-state index in [4.69, 9.17) is 21.1 Å². The summed E-state index contributed by atoms with van der Waals surface area (Å²) >= 11 is 6.27. The van der Waals surface area contributed by atoms with E-state index in [-0.39, 0.29) is 24.0 Å². The van der Waals surface area contributed by atoms with Crippen LogP contribution in [0, 0.1) is 0 Å². The first-order valence-electron chi connectivity index (χ1n) is 7.53. The minimum absolute atomic E-state index is 0. The molecule has 2 aliphatic heterocycles. The highest BCUT2D eigenvalue weighted by Gasteiger charge is 2.39. The number of H-pyrrole nitrogens is 1. The van der Waals surface area contributed by atoms with Gasteiger partial charge in [0.25, 0.3) is 0 Å². The molecule has 0 radical (unpaired) electrons. The number of benzene rings is 1. The molecule has 7 nitrogen and oxygen atoms in total. The van der Waals surface area contributed by atoms with Crippen molar-refractivity contribution in [1.29, 1.82) is 0 Å². The second-order valence-electron chi connectivity index (χ2n) is 5.95. The normalized spacial score (nSPS) is 23.1. The molecule has 1 aromatic carbocycles. The Morgan fingerprint density at radius 3 is 2.96 bits per heavy atom. The zero-order valence-electron chi connectivity index (χ0n) is 12.9. The summed E-state index contributed by atoms with van der Waals surface area (Å²) in [6, 6.07) is 3.84. The molecule has 0 bridgehead atoms.